The number of halogens is 4. The highest BCUT2D eigenvalue weighted by molar-refractivity contribution is 7.98. The topological polar surface area (TPSA) is 53.9 Å². The maximum absolute atomic E-state index is 14.1. The van der Waals surface area contributed by atoms with Crippen LogP contribution in [0.15, 0.2) is 35.3 Å². The zero-order valence-electron chi connectivity index (χ0n) is 17.4. The van der Waals surface area contributed by atoms with Crippen LogP contribution in [0.2, 0.25) is 0 Å². The lowest BCUT2D eigenvalue weighted by molar-refractivity contribution is -0.119. The van der Waals surface area contributed by atoms with Crippen LogP contribution in [0, 0.1) is 23.5 Å². The van der Waals surface area contributed by atoms with E-state index < -0.39 is 42.0 Å². The summed E-state index contributed by atoms with van der Waals surface area (Å²) in [6.07, 6.45) is 0.456. The van der Waals surface area contributed by atoms with Gasteiger partial charge >= 0.3 is 0 Å². The average Bonchev–Trinajstić information content (AvgIpc) is 2.72. The van der Waals surface area contributed by atoms with E-state index >= 15 is 0 Å². The van der Waals surface area contributed by atoms with Gasteiger partial charge in [-0.05, 0) is 24.1 Å². The molecule has 32 heavy (non-hydrogen) atoms. The Bertz CT molecular complexity index is 965. The molecular weight excluding hydrogens is 446 g/mol. The first-order chi connectivity index (χ1) is 15.2. The van der Waals surface area contributed by atoms with Crippen molar-refractivity contribution in [3.05, 3.63) is 42.5 Å². The van der Waals surface area contributed by atoms with E-state index in [1.54, 1.807) is 0 Å². The summed E-state index contributed by atoms with van der Waals surface area (Å²) in [5.41, 5.74) is 0.0625. The average molecular weight is 474 g/mol. The van der Waals surface area contributed by atoms with E-state index in [4.69, 9.17) is 4.74 Å². The fourth-order valence-corrected chi connectivity index (χ4v) is 3.79. The Morgan fingerprint density at radius 2 is 2.19 bits per heavy atom. The van der Waals surface area contributed by atoms with Crippen LogP contribution in [0.1, 0.15) is 22.6 Å². The van der Waals surface area contributed by atoms with Crippen LogP contribution < -0.4 is 10.1 Å². The second-order valence-electron chi connectivity index (χ2n) is 7.37. The van der Waals surface area contributed by atoms with Crippen molar-refractivity contribution in [1.82, 2.24) is 10.2 Å². The number of rotatable bonds is 9. The van der Waals surface area contributed by atoms with Gasteiger partial charge in [0.1, 0.15) is 23.6 Å². The molecule has 10 heteroatoms. The number of hydrogen-bond acceptors (Lipinski definition) is 5. The number of hydrogen-bond donors (Lipinski definition) is 1. The first kappa shape index (κ1) is 24.1. The molecule has 1 heterocycles. The summed E-state index contributed by atoms with van der Waals surface area (Å²) < 4.78 is 64.6. The second kappa shape index (κ2) is 10.4. The van der Waals surface area contributed by atoms with Gasteiger partial charge in [0.15, 0.2) is 11.6 Å². The van der Waals surface area contributed by atoms with Crippen molar-refractivity contribution in [2.24, 2.45) is 4.40 Å². The second-order valence-corrected chi connectivity index (χ2v) is 8.38. The van der Waals surface area contributed by atoms with Gasteiger partial charge in [-0.25, -0.2) is 22.0 Å². The Kier molecular flexibility index (Phi) is 7.85. The van der Waals surface area contributed by atoms with E-state index in [1.165, 1.54) is 12.1 Å². The molecular formula is C22H27F4N3O2S. The Balaban J connectivity index is 0.00000289. The molecule has 1 amide bonds. The van der Waals surface area contributed by atoms with Crippen molar-refractivity contribution < 1.29 is 29.9 Å². The van der Waals surface area contributed by atoms with Crippen LogP contribution in [-0.2, 0) is 4.79 Å². The Labute approximate surface area is 191 Å². The minimum atomic E-state index is -3.12. The first-order valence-electron chi connectivity index (χ1n) is 10.1. The zero-order valence-corrected chi connectivity index (χ0v) is 18.2. The molecule has 0 radical (unpaired) electrons. The van der Waals surface area contributed by atoms with Gasteiger partial charge in [-0.1, -0.05) is 18.9 Å². The molecule has 2 aliphatic rings. The number of ether oxygens (including phenoxy) is 1. The third kappa shape index (κ3) is 5.64. The van der Waals surface area contributed by atoms with Gasteiger partial charge in [-0.2, -0.15) is 0 Å². The molecule has 0 saturated carbocycles. The van der Waals surface area contributed by atoms with Gasteiger partial charge in [-0.15, -0.1) is 12.5 Å². The van der Waals surface area contributed by atoms with Crippen molar-refractivity contribution in [2.45, 2.75) is 43.9 Å². The number of likely N-dealkylation sites (tertiary alicyclic amines) is 1. The molecule has 1 fully saturated rings. The van der Waals surface area contributed by atoms with Crippen LogP contribution in [0.25, 0.3) is 0 Å². The predicted molar refractivity (Wildman–Crippen MR) is 120 cm³/mol. The quantitative estimate of drug-likeness (QED) is 0.193. The fraction of sp³-hybridized carbons (Fsp3) is 0.455. The number of amides is 1. The van der Waals surface area contributed by atoms with E-state index in [-0.39, 0.29) is 26.8 Å². The summed E-state index contributed by atoms with van der Waals surface area (Å²) in [6.45, 7) is 6.35. The van der Waals surface area contributed by atoms with E-state index in [1.807, 2.05) is 11.8 Å². The molecule has 5 nitrogen and oxygen atoms in total. The highest BCUT2D eigenvalue weighted by atomic mass is 32.2. The lowest BCUT2D eigenvalue weighted by Crippen LogP contribution is -2.61. The summed E-state index contributed by atoms with van der Waals surface area (Å²) >= 11 is 1.14. The van der Waals surface area contributed by atoms with Crippen molar-refractivity contribution in [2.75, 3.05) is 18.8 Å². The molecule has 0 bridgehead atoms. The first-order valence-corrected chi connectivity index (χ1v) is 11.0. The molecule has 1 aliphatic carbocycles. The third-order valence-electron chi connectivity index (χ3n) is 5.06. The number of alkyl halides is 2. The molecule has 1 aromatic carbocycles. The van der Waals surface area contributed by atoms with Crippen LogP contribution >= 0.6 is 11.9 Å². The Morgan fingerprint density at radius 1 is 1.44 bits per heavy atom. The molecule has 1 aliphatic heterocycles. The van der Waals surface area contributed by atoms with E-state index in [9.17, 15) is 22.4 Å². The van der Waals surface area contributed by atoms with Gasteiger partial charge in [0, 0.05) is 34.2 Å². The molecule has 2 atom stereocenters. The fourth-order valence-electron chi connectivity index (χ4n) is 3.33. The standard InChI is InChI=1S/C22H23F4N3O2S.2H2/c1-3-18(29-12-15(13-29)31-14-8-9-16(23)17(24)11-14)20(28-32-4-2)21(30)27-19-7-5-6-10-22(19,25)26;;/h3,8-9,11,15,18-19H,1,4,7,10,12-13H2,2H3,(H,27,30);2*1H/b28-20+;;. The summed E-state index contributed by atoms with van der Waals surface area (Å²) in [5, 5.41) is 2.38. The summed E-state index contributed by atoms with van der Waals surface area (Å²) in [5.74, 6) is -0.0122. The summed E-state index contributed by atoms with van der Waals surface area (Å²) in [6, 6.07) is 1.27. The highest BCUT2D eigenvalue weighted by Crippen LogP contribution is 2.28. The van der Waals surface area contributed by atoms with Crippen LogP contribution in [-0.4, -0.2) is 59.5 Å². The van der Waals surface area contributed by atoms with Gasteiger partial charge < -0.3 is 10.1 Å². The van der Waals surface area contributed by atoms with E-state index in [0.29, 0.717) is 18.8 Å². The van der Waals surface area contributed by atoms with Crippen molar-refractivity contribution in [1.29, 1.82) is 0 Å². The maximum atomic E-state index is 14.1. The molecule has 1 aromatic rings. The maximum Gasteiger partial charge on any atom is 0.279 e. The molecule has 3 rings (SSSR count). The number of carbonyl (C=O) groups is 1. The van der Waals surface area contributed by atoms with Gasteiger partial charge in [0.05, 0.1) is 12.5 Å². The van der Waals surface area contributed by atoms with Crippen LogP contribution in [0.5, 0.6) is 5.75 Å². The molecule has 176 valence electrons. The SMILES string of the molecule is C=CC(/C(=N\SCC)C(=O)NC1CC#CCC1(F)F)N1CC(Oc2ccc(F)c(F)c2)C1.[HH].[HH]. The van der Waals surface area contributed by atoms with Crippen molar-refractivity contribution >= 4 is 23.6 Å². The third-order valence-corrected chi connectivity index (χ3v) is 5.65. The molecule has 1 saturated heterocycles. The van der Waals surface area contributed by atoms with E-state index in [0.717, 1.165) is 24.1 Å². The lowest BCUT2D eigenvalue weighted by atomic mass is 9.98. The van der Waals surface area contributed by atoms with Gasteiger partial charge in [-0.3, -0.25) is 9.69 Å². The van der Waals surface area contributed by atoms with E-state index in [2.05, 4.69) is 28.1 Å². The lowest BCUT2D eigenvalue weighted by Gasteiger charge is -2.43. The summed E-state index contributed by atoms with van der Waals surface area (Å²) in [4.78, 5) is 14.7. The number of benzene rings is 1. The number of nitrogens with zero attached hydrogens (tertiary/aromatic N) is 2. The number of carbonyl (C=O) groups excluding carboxylic acids is 1. The van der Waals surface area contributed by atoms with Crippen LogP contribution in [0.3, 0.4) is 0 Å². The molecule has 2 unspecified atom stereocenters. The van der Waals surface area contributed by atoms with Crippen molar-refractivity contribution in [3.63, 3.8) is 0 Å². The molecule has 0 spiro atoms. The summed E-state index contributed by atoms with van der Waals surface area (Å²) in [7, 11) is 0. The van der Waals surface area contributed by atoms with Crippen molar-refractivity contribution in [3.8, 4) is 17.6 Å². The minimum Gasteiger partial charge on any atom is -0.488 e. The molecule has 0 aromatic heterocycles. The predicted octanol–water partition coefficient (Wildman–Crippen LogP) is 4.10. The number of nitrogens with one attached hydrogen (secondary N) is 1. The molecule has 1 N–H and O–H groups in total. The zero-order chi connectivity index (χ0) is 23.3. The van der Waals surface area contributed by atoms with Gasteiger partial charge in [0.25, 0.3) is 11.8 Å². The Hall–Kier alpha value is -2.51. The smallest absolute Gasteiger partial charge is 0.279 e. The van der Waals surface area contributed by atoms with Gasteiger partial charge in [0.2, 0.25) is 0 Å². The monoisotopic (exact) mass is 473 g/mol. The Morgan fingerprint density at radius 3 is 2.81 bits per heavy atom. The normalized spacial score (nSPS) is 21.7. The largest absolute Gasteiger partial charge is 0.488 e. The highest BCUT2D eigenvalue weighted by Gasteiger charge is 2.43. The minimum absolute atomic E-state index is 0. The van der Waals surface area contributed by atoms with Crippen LogP contribution in [0.4, 0.5) is 17.6 Å².